The van der Waals surface area contributed by atoms with Crippen LogP contribution < -0.4 is 9.47 Å². The standard InChI is InChI=1S/C29H29FN2O5/c1-31(2)14-15-32-26(20-10-7-11-22(16-20)37-18-19-8-5-4-6-9-19)25(28(34)29(32)35)27(33)23-17-21(30)12-13-24(23)36-3/h4-13,16-17,26,33H,14-15,18H2,1-3H3/b27-25+. The van der Waals surface area contributed by atoms with E-state index in [0.717, 1.165) is 11.6 Å². The predicted octanol–water partition coefficient (Wildman–Crippen LogP) is 4.40. The van der Waals surface area contributed by atoms with Crippen molar-refractivity contribution in [1.82, 2.24) is 9.80 Å². The summed E-state index contributed by atoms with van der Waals surface area (Å²) in [6.07, 6.45) is 0. The minimum Gasteiger partial charge on any atom is -0.507 e. The van der Waals surface area contributed by atoms with E-state index in [2.05, 4.69) is 0 Å². The molecule has 0 bridgehead atoms. The topological polar surface area (TPSA) is 79.3 Å². The van der Waals surface area contributed by atoms with Crippen LogP contribution in [0.2, 0.25) is 0 Å². The molecule has 1 saturated heterocycles. The Labute approximate surface area is 215 Å². The van der Waals surface area contributed by atoms with E-state index >= 15 is 0 Å². The lowest BCUT2D eigenvalue weighted by molar-refractivity contribution is -0.140. The highest BCUT2D eigenvalue weighted by molar-refractivity contribution is 6.46. The molecule has 0 saturated carbocycles. The van der Waals surface area contributed by atoms with Crippen molar-refractivity contribution in [2.24, 2.45) is 0 Å². The molecule has 1 unspecified atom stereocenters. The Bertz CT molecular complexity index is 1320. The third-order valence-corrected chi connectivity index (χ3v) is 6.17. The molecule has 0 spiro atoms. The number of benzene rings is 3. The fourth-order valence-corrected chi connectivity index (χ4v) is 4.29. The Kier molecular flexibility index (Phi) is 7.89. The summed E-state index contributed by atoms with van der Waals surface area (Å²) in [5, 5.41) is 11.3. The van der Waals surface area contributed by atoms with Crippen molar-refractivity contribution >= 4 is 17.4 Å². The number of hydrogen-bond donors (Lipinski definition) is 1. The molecule has 3 aromatic rings. The highest BCUT2D eigenvalue weighted by atomic mass is 19.1. The van der Waals surface area contributed by atoms with Gasteiger partial charge >= 0.3 is 0 Å². The lowest BCUT2D eigenvalue weighted by Gasteiger charge is -2.27. The number of amides is 1. The number of Topliss-reactive ketones (excluding diaryl/α,β-unsaturated/α-hetero) is 1. The van der Waals surface area contributed by atoms with E-state index in [9.17, 15) is 19.1 Å². The molecule has 1 N–H and O–H groups in total. The molecular formula is C29H29FN2O5. The van der Waals surface area contributed by atoms with Crippen LogP contribution in [0, 0.1) is 5.82 Å². The second-order valence-electron chi connectivity index (χ2n) is 8.99. The SMILES string of the molecule is COc1ccc(F)cc1/C(O)=C1\C(=O)C(=O)N(CCN(C)C)C1c1cccc(OCc2ccccc2)c1. The van der Waals surface area contributed by atoms with Crippen LogP contribution in [0.3, 0.4) is 0 Å². The predicted molar refractivity (Wildman–Crippen MR) is 138 cm³/mol. The molecular weight excluding hydrogens is 475 g/mol. The molecule has 0 radical (unpaired) electrons. The number of methoxy groups -OCH3 is 1. The molecule has 1 aliphatic heterocycles. The lowest BCUT2D eigenvalue weighted by atomic mass is 9.94. The monoisotopic (exact) mass is 504 g/mol. The third-order valence-electron chi connectivity index (χ3n) is 6.17. The quantitative estimate of drug-likeness (QED) is 0.265. The van der Waals surface area contributed by atoms with E-state index in [4.69, 9.17) is 9.47 Å². The van der Waals surface area contributed by atoms with Crippen LogP contribution in [0.15, 0.2) is 78.4 Å². The number of ether oxygens (including phenoxy) is 2. The van der Waals surface area contributed by atoms with Gasteiger partial charge in [-0.3, -0.25) is 9.59 Å². The van der Waals surface area contributed by atoms with Crippen molar-refractivity contribution in [3.8, 4) is 11.5 Å². The van der Waals surface area contributed by atoms with Crippen LogP contribution in [0.1, 0.15) is 22.7 Å². The Morgan fingerprint density at radius 3 is 2.49 bits per heavy atom. The number of aliphatic hydroxyl groups is 1. The largest absolute Gasteiger partial charge is 0.507 e. The second-order valence-corrected chi connectivity index (χ2v) is 8.99. The molecule has 1 atom stereocenters. The highest BCUT2D eigenvalue weighted by Gasteiger charge is 2.46. The van der Waals surface area contributed by atoms with Gasteiger partial charge in [-0.1, -0.05) is 42.5 Å². The molecule has 37 heavy (non-hydrogen) atoms. The molecule has 1 heterocycles. The van der Waals surface area contributed by atoms with Crippen LogP contribution >= 0.6 is 0 Å². The first-order chi connectivity index (χ1) is 17.8. The summed E-state index contributed by atoms with van der Waals surface area (Å²) < 4.78 is 25.4. The first kappa shape index (κ1) is 25.9. The third kappa shape index (κ3) is 5.65. The van der Waals surface area contributed by atoms with Gasteiger partial charge in [-0.25, -0.2) is 4.39 Å². The molecule has 8 heteroatoms. The van der Waals surface area contributed by atoms with E-state index in [-0.39, 0.29) is 23.4 Å². The first-order valence-corrected chi connectivity index (χ1v) is 11.8. The number of halogens is 1. The number of carbonyl (C=O) groups is 2. The zero-order chi connectivity index (χ0) is 26.5. The van der Waals surface area contributed by atoms with E-state index < -0.39 is 29.3 Å². The number of rotatable bonds is 9. The Morgan fingerprint density at radius 2 is 1.78 bits per heavy atom. The van der Waals surface area contributed by atoms with Gasteiger partial charge in [0.05, 0.1) is 24.3 Å². The number of likely N-dealkylation sites (N-methyl/N-ethyl adjacent to an activating group) is 1. The van der Waals surface area contributed by atoms with Gasteiger partial charge in [-0.15, -0.1) is 0 Å². The van der Waals surface area contributed by atoms with Crippen LogP contribution in [-0.4, -0.2) is 60.9 Å². The van der Waals surface area contributed by atoms with Gasteiger partial charge in [0.2, 0.25) is 0 Å². The van der Waals surface area contributed by atoms with E-state index in [1.807, 2.05) is 49.3 Å². The molecule has 1 aliphatic rings. The van der Waals surface area contributed by atoms with Crippen molar-refractivity contribution in [2.75, 3.05) is 34.3 Å². The fraction of sp³-hybridized carbons (Fsp3) is 0.241. The van der Waals surface area contributed by atoms with Crippen molar-refractivity contribution in [3.05, 3.63) is 101 Å². The summed E-state index contributed by atoms with van der Waals surface area (Å²) >= 11 is 0. The van der Waals surface area contributed by atoms with Crippen molar-refractivity contribution < 1.29 is 28.6 Å². The molecule has 7 nitrogen and oxygen atoms in total. The Hall–Kier alpha value is -4.17. The molecule has 1 fully saturated rings. The van der Waals surface area contributed by atoms with Crippen LogP contribution in [0.5, 0.6) is 11.5 Å². The average Bonchev–Trinajstić information content (AvgIpc) is 3.16. The minimum absolute atomic E-state index is 0.00501. The Morgan fingerprint density at radius 1 is 1.03 bits per heavy atom. The Balaban J connectivity index is 1.79. The number of nitrogens with zero attached hydrogens (tertiary/aromatic N) is 2. The molecule has 4 rings (SSSR count). The summed E-state index contributed by atoms with van der Waals surface area (Å²) in [5.74, 6) is -1.97. The summed E-state index contributed by atoms with van der Waals surface area (Å²) in [6, 6.07) is 19.5. The van der Waals surface area contributed by atoms with Crippen LogP contribution in [0.4, 0.5) is 4.39 Å². The normalized spacial score (nSPS) is 16.9. The van der Waals surface area contributed by atoms with Crippen molar-refractivity contribution in [3.63, 3.8) is 0 Å². The highest BCUT2D eigenvalue weighted by Crippen LogP contribution is 2.41. The van der Waals surface area contributed by atoms with Crippen LogP contribution in [-0.2, 0) is 16.2 Å². The number of carbonyl (C=O) groups excluding carboxylic acids is 2. The smallest absolute Gasteiger partial charge is 0.295 e. The number of ketones is 1. The minimum atomic E-state index is -0.895. The van der Waals surface area contributed by atoms with E-state index in [1.54, 1.807) is 24.3 Å². The van der Waals surface area contributed by atoms with Gasteiger partial charge in [0.25, 0.3) is 11.7 Å². The molecule has 0 aromatic heterocycles. The number of aliphatic hydroxyl groups excluding tert-OH is 1. The van der Waals surface area contributed by atoms with Crippen molar-refractivity contribution in [1.29, 1.82) is 0 Å². The average molecular weight is 505 g/mol. The molecule has 192 valence electrons. The summed E-state index contributed by atoms with van der Waals surface area (Å²) in [7, 11) is 5.10. The maximum Gasteiger partial charge on any atom is 0.295 e. The second kappa shape index (κ2) is 11.3. The number of likely N-dealkylation sites (tertiary alicyclic amines) is 1. The van der Waals surface area contributed by atoms with E-state index in [0.29, 0.717) is 24.5 Å². The van der Waals surface area contributed by atoms with Gasteiger partial charge in [0.15, 0.2) is 0 Å². The van der Waals surface area contributed by atoms with Crippen LogP contribution in [0.25, 0.3) is 5.76 Å². The molecule has 3 aromatic carbocycles. The van der Waals surface area contributed by atoms with Gasteiger partial charge < -0.3 is 24.4 Å². The molecule has 1 amide bonds. The number of hydrogen-bond acceptors (Lipinski definition) is 6. The molecule has 0 aliphatic carbocycles. The van der Waals surface area contributed by atoms with Gasteiger partial charge in [-0.05, 0) is 55.6 Å². The maximum absolute atomic E-state index is 14.1. The zero-order valence-electron chi connectivity index (χ0n) is 21.0. The van der Waals surface area contributed by atoms with Gasteiger partial charge in [-0.2, -0.15) is 0 Å². The summed E-state index contributed by atoms with van der Waals surface area (Å²) in [4.78, 5) is 29.7. The van der Waals surface area contributed by atoms with E-state index in [1.165, 1.54) is 24.1 Å². The first-order valence-electron chi connectivity index (χ1n) is 11.8. The zero-order valence-corrected chi connectivity index (χ0v) is 21.0. The van der Waals surface area contributed by atoms with Gasteiger partial charge in [0, 0.05) is 13.1 Å². The maximum atomic E-state index is 14.1. The summed E-state index contributed by atoms with van der Waals surface area (Å²) in [6.45, 7) is 1.08. The summed E-state index contributed by atoms with van der Waals surface area (Å²) in [5.41, 5.74) is 1.44. The lowest BCUT2D eigenvalue weighted by Crippen LogP contribution is -2.35. The van der Waals surface area contributed by atoms with Crippen molar-refractivity contribution in [2.45, 2.75) is 12.6 Å². The van der Waals surface area contributed by atoms with Gasteiger partial charge in [0.1, 0.15) is 29.7 Å². The fourth-order valence-electron chi connectivity index (χ4n) is 4.29.